The lowest BCUT2D eigenvalue weighted by Crippen LogP contribution is -2.06. The lowest BCUT2D eigenvalue weighted by atomic mass is 10.0. The van der Waals surface area contributed by atoms with Crippen molar-refractivity contribution in [1.29, 1.82) is 0 Å². The molecule has 0 saturated heterocycles. The first-order valence-corrected chi connectivity index (χ1v) is 12.1. The summed E-state index contributed by atoms with van der Waals surface area (Å²) in [4.78, 5) is 11.9. The van der Waals surface area contributed by atoms with E-state index in [2.05, 4.69) is 24.1 Å². The molecule has 0 unspecified atom stereocenters. The molecule has 0 atom stereocenters. The van der Waals surface area contributed by atoms with Crippen LogP contribution < -0.4 is 9.47 Å². The van der Waals surface area contributed by atoms with Gasteiger partial charge in [-0.1, -0.05) is 65.4 Å². The second-order valence-corrected chi connectivity index (χ2v) is 8.04. The molecule has 0 fully saturated rings. The van der Waals surface area contributed by atoms with Gasteiger partial charge in [0.1, 0.15) is 11.4 Å². The molecule has 5 heteroatoms. The zero-order chi connectivity index (χ0) is 23.0. The summed E-state index contributed by atoms with van der Waals surface area (Å²) in [7, 11) is 0. The average Bonchev–Trinajstić information content (AvgIpc) is 2.81. The summed E-state index contributed by atoms with van der Waals surface area (Å²) in [6.07, 6.45) is 11.0. The van der Waals surface area contributed by atoms with Crippen LogP contribution in [0, 0.1) is 0 Å². The normalized spacial score (nSPS) is 11.1. The fraction of sp³-hybridized carbons (Fsp3) is 0.519. The molecule has 174 valence electrons. The molecule has 32 heavy (non-hydrogen) atoms. The number of carbonyl (C=O) groups excluding carboxylic acids is 1. The van der Waals surface area contributed by atoms with Gasteiger partial charge in [0, 0.05) is 6.42 Å². The number of hydrogen-bond donors (Lipinski definition) is 0. The third kappa shape index (κ3) is 9.63. The summed E-state index contributed by atoms with van der Waals surface area (Å²) in [5.41, 5.74) is 2.44. The first kappa shape index (κ1) is 25.6. The van der Waals surface area contributed by atoms with Gasteiger partial charge in [0.15, 0.2) is 5.75 Å². The van der Waals surface area contributed by atoms with Crippen LogP contribution in [0.3, 0.4) is 0 Å². The molecular weight excluding hydrogens is 400 g/mol. The predicted molar refractivity (Wildman–Crippen MR) is 130 cm³/mol. The van der Waals surface area contributed by atoms with E-state index >= 15 is 0 Å². The molecule has 2 aromatic rings. The van der Waals surface area contributed by atoms with Gasteiger partial charge in [-0.25, -0.2) is 0 Å². The molecule has 0 aliphatic heterocycles. The molecule has 0 aromatic heterocycles. The van der Waals surface area contributed by atoms with E-state index in [-0.39, 0.29) is 5.97 Å². The highest BCUT2D eigenvalue weighted by atomic mass is 16.5. The number of benzene rings is 2. The Kier molecular flexibility index (Phi) is 12.1. The number of nitrogens with zero attached hydrogens (tertiary/aromatic N) is 2. The van der Waals surface area contributed by atoms with Gasteiger partial charge in [-0.15, -0.1) is 5.11 Å². The average molecular weight is 439 g/mol. The van der Waals surface area contributed by atoms with Crippen molar-refractivity contribution in [3.63, 3.8) is 0 Å². The number of aryl methyl sites for hydroxylation is 1. The second-order valence-electron chi connectivity index (χ2n) is 8.04. The van der Waals surface area contributed by atoms with Crippen molar-refractivity contribution in [2.45, 2.75) is 85.0 Å². The van der Waals surface area contributed by atoms with Gasteiger partial charge in [-0.05, 0) is 61.2 Å². The maximum Gasteiger partial charge on any atom is 0.310 e. The summed E-state index contributed by atoms with van der Waals surface area (Å²) < 4.78 is 11.2. The zero-order valence-electron chi connectivity index (χ0n) is 19.9. The topological polar surface area (TPSA) is 60.3 Å². The number of unbranched alkanes of at least 4 members (excludes halogenated alkanes) is 6. The van der Waals surface area contributed by atoms with Gasteiger partial charge in [-0.3, -0.25) is 4.79 Å². The van der Waals surface area contributed by atoms with Crippen LogP contribution >= 0.6 is 0 Å². The molecule has 0 aliphatic carbocycles. The van der Waals surface area contributed by atoms with Gasteiger partial charge in [0.05, 0.1) is 12.3 Å². The fourth-order valence-electron chi connectivity index (χ4n) is 3.24. The maximum atomic E-state index is 11.9. The van der Waals surface area contributed by atoms with Crippen molar-refractivity contribution < 1.29 is 14.3 Å². The minimum absolute atomic E-state index is 0.272. The number of hydrogen-bond acceptors (Lipinski definition) is 5. The Bertz CT molecular complexity index is 831. The minimum atomic E-state index is -0.272. The molecule has 0 bridgehead atoms. The molecule has 0 spiro atoms. The maximum absolute atomic E-state index is 11.9. The van der Waals surface area contributed by atoms with E-state index in [1.54, 1.807) is 6.92 Å². The fourth-order valence-corrected chi connectivity index (χ4v) is 3.24. The molecule has 2 aromatic carbocycles. The van der Waals surface area contributed by atoms with E-state index in [1.807, 2.05) is 42.5 Å². The van der Waals surface area contributed by atoms with Crippen molar-refractivity contribution in [3.8, 4) is 11.5 Å². The Morgan fingerprint density at radius 3 is 2.25 bits per heavy atom. The summed E-state index contributed by atoms with van der Waals surface area (Å²) >= 11 is 0. The number of ether oxygens (including phenoxy) is 2. The van der Waals surface area contributed by atoms with E-state index in [0.29, 0.717) is 24.5 Å². The molecule has 0 aliphatic rings. The molecule has 2 rings (SSSR count). The van der Waals surface area contributed by atoms with Crippen LogP contribution in [-0.2, 0) is 11.2 Å². The lowest BCUT2D eigenvalue weighted by molar-refractivity contribution is -0.133. The van der Waals surface area contributed by atoms with Crippen LogP contribution in [0.1, 0.15) is 84.1 Å². The molecular formula is C27H38N2O3. The SMILES string of the molecule is CCCCCCCCc1ccc(N=Nc2ccc(OCCCC)cc2)c(OC(=O)CC)c1. The summed E-state index contributed by atoms with van der Waals surface area (Å²) in [5, 5.41) is 8.67. The number of esters is 1. The number of carbonyl (C=O) groups is 1. The quantitative estimate of drug-likeness (QED) is 0.121. The molecule has 0 heterocycles. The van der Waals surface area contributed by atoms with E-state index in [1.165, 1.54) is 32.1 Å². The van der Waals surface area contributed by atoms with Crippen molar-refractivity contribution in [3.05, 3.63) is 48.0 Å². The van der Waals surface area contributed by atoms with Crippen LogP contribution in [0.15, 0.2) is 52.7 Å². The van der Waals surface area contributed by atoms with E-state index in [4.69, 9.17) is 9.47 Å². The highest BCUT2D eigenvalue weighted by Gasteiger charge is 2.10. The predicted octanol–water partition coefficient (Wildman–Crippen LogP) is 8.50. The number of azo groups is 1. The first-order chi connectivity index (χ1) is 15.7. The summed E-state index contributed by atoms with van der Waals surface area (Å²) in [5.74, 6) is 1.03. The number of rotatable bonds is 15. The van der Waals surface area contributed by atoms with Gasteiger partial charge in [0.2, 0.25) is 0 Å². The van der Waals surface area contributed by atoms with Gasteiger partial charge in [-0.2, -0.15) is 5.11 Å². The second kappa shape index (κ2) is 15.2. The van der Waals surface area contributed by atoms with E-state index < -0.39 is 0 Å². The Labute approximate surface area is 193 Å². The molecule has 0 radical (unpaired) electrons. The van der Waals surface area contributed by atoms with E-state index in [0.717, 1.165) is 42.7 Å². The van der Waals surface area contributed by atoms with Crippen LogP contribution in [0.2, 0.25) is 0 Å². The monoisotopic (exact) mass is 438 g/mol. The lowest BCUT2D eigenvalue weighted by Gasteiger charge is -2.09. The smallest absolute Gasteiger partial charge is 0.310 e. The molecule has 0 amide bonds. The van der Waals surface area contributed by atoms with Crippen molar-refractivity contribution in [2.24, 2.45) is 10.2 Å². The standard InChI is InChI=1S/C27H38N2O3/c1-4-7-9-10-11-12-13-22-14-19-25(26(21-22)32-27(30)6-3)29-28-23-15-17-24(18-16-23)31-20-8-5-2/h14-19,21H,4-13,20H2,1-3H3. The molecule has 0 N–H and O–H groups in total. The minimum Gasteiger partial charge on any atom is -0.494 e. The van der Waals surface area contributed by atoms with Gasteiger partial charge >= 0.3 is 5.97 Å². The first-order valence-electron chi connectivity index (χ1n) is 12.1. The van der Waals surface area contributed by atoms with Crippen LogP contribution in [-0.4, -0.2) is 12.6 Å². The Balaban J connectivity index is 2.02. The van der Waals surface area contributed by atoms with E-state index in [9.17, 15) is 4.79 Å². The van der Waals surface area contributed by atoms with Gasteiger partial charge in [0.25, 0.3) is 0 Å². The third-order valence-electron chi connectivity index (χ3n) is 5.23. The highest BCUT2D eigenvalue weighted by molar-refractivity contribution is 5.74. The summed E-state index contributed by atoms with van der Waals surface area (Å²) in [6, 6.07) is 13.4. The van der Waals surface area contributed by atoms with Gasteiger partial charge < -0.3 is 9.47 Å². The van der Waals surface area contributed by atoms with Crippen LogP contribution in [0.4, 0.5) is 11.4 Å². The van der Waals surface area contributed by atoms with Crippen molar-refractivity contribution >= 4 is 17.3 Å². The summed E-state index contributed by atoms with van der Waals surface area (Å²) in [6.45, 7) is 6.87. The Hall–Kier alpha value is -2.69. The largest absolute Gasteiger partial charge is 0.494 e. The van der Waals surface area contributed by atoms with Crippen molar-refractivity contribution in [2.75, 3.05) is 6.61 Å². The zero-order valence-corrected chi connectivity index (χ0v) is 19.9. The molecule has 0 saturated carbocycles. The molecule has 5 nitrogen and oxygen atoms in total. The Morgan fingerprint density at radius 1 is 0.812 bits per heavy atom. The van der Waals surface area contributed by atoms with Crippen molar-refractivity contribution in [1.82, 2.24) is 0 Å². The highest BCUT2D eigenvalue weighted by Crippen LogP contribution is 2.32. The van der Waals surface area contributed by atoms with Crippen LogP contribution in [0.25, 0.3) is 0 Å². The third-order valence-corrected chi connectivity index (χ3v) is 5.23. The Morgan fingerprint density at radius 2 is 1.53 bits per heavy atom. The van der Waals surface area contributed by atoms with Crippen LogP contribution in [0.5, 0.6) is 11.5 Å².